The molecule has 1 N–H and O–H groups in total. The number of aliphatic hydroxyl groups is 1. The number of rotatable bonds is 5. The molecule has 6 rings (SSSR count). The summed E-state index contributed by atoms with van der Waals surface area (Å²) in [5, 5.41) is 10.8. The molecule has 5 aromatic rings. The van der Waals surface area contributed by atoms with Crippen molar-refractivity contribution >= 4 is 61.5 Å². The van der Waals surface area contributed by atoms with Crippen molar-refractivity contribution in [2.24, 2.45) is 4.99 Å². The summed E-state index contributed by atoms with van der Waals surface area (Å²) >= 11 is 6.92. The van der Waals surface area contributed by atoms with Crippen molar-refractivity contribution in [2.75, 3.05) is 4.90 Å². The van der Waals surface area contributed by atoms with Crippen molar-refractivity contribution in [1.82, 2.24) is 4.57 Å². The van der Waals surface area contributed by atoms with Gasteiger partial charge in [0.2, 0.25) is 5.90 Å². The fourth-order valence-corrected chi connectivity index (χ4v) is 5.49. The Kier molecular flexibility index (Phi) is 7.26. The highest BCUT2D eigenvalue weighted by atomic mass is 79.9. The Balaban J connectivity index is 1.61. The first-order chi connectivity index (χ1) is 19.9. The average Bonchev–Trinajstić information content (AvgIpc) is 3.36. The van der Waals surface area contributed by atoms with E-state index in [0.717, 1.165) is 37.6 Å². The van der Waals surface area contributed by atoms with Gasteiger partial charge in [0.05, 0.1) is 17.1 Å². The molecule has 0 saturated carbocycles. The number of urea groups is 1. The first-order valence-electron chi connectivity index (χ1n) is 12.7. The van der Waals surface area contributed by atoms with Crippen LogP contribution in [-0.2, 0) is 4.79 Å². The minimum Gasteiger partial charge on any atom is -0.493 e. The molecule has 41 heavy (non-hydrogen) atoms. The van der Waals surface area contributed by atoms with Crippen LogP contribution in [0.25, 0.3) is 34.3 Å². The van der Waals surface area contributed by atoms with Crippen LogP contribution in [0, 0.1) is 0 Å². The molecule has 6 nitrogen and oxygen atoms in total. The third-order valence-corrected chi connectivity index (χ3v) is 7.69. The summed E-state index contributed by atoms with van der Waals surface area (Å²) in [7, 11) is 0. The maximum absolute atomic E-state index is 13.7. The molecular formula is C33H21Br2N3O3. The molecule has 2 heterocycles. The summed E-state index contributed by atoms with van der Waals surface area (Å²) < 4.78 is 3.78. The van der Waals surface area contributed by atoms with Crippen LogP contribution in [0.15, 0.2) is 135 Å². The summed E-state index contributed by atoms with van der Waals surface area (Å²) in [5.74, 6) is -1.29. The molecule has 1 aliphatic heterocycles. The zero-order valence-electron chi connectivity index (χ0n) is 21.4. The van der Waals surface area contributed by atoms with E-state index in [0.29, 0.717) is 15.7 Å². The number of anilines is 1. The van der Waals surface area contributed by atoms with Crippen LogP contribution < -0.4 is 4.90 Å². The molecule has 0 bridgehead atoms. The van der Waals surface area contributed by atoms with Gasteiger partial charge in [-0.3, -0.25) is 4.79 Å². The number of hydrogen-bond acceptors (Lipinski definition) is 2. The van der Waals surface area contributed by atoms with Crippen molar-refractivity contribution in [3.8, 4) is 28.2 Å². The number of benzene rings is 4. The summed E-state index contributed by atoms with van der Waals surface area (Å²) in [5.41, 5.74) is 5.41. The smallest absolute Gasteiger partial charge is 0.358 e. The number of aliphatic imine (C=N–C) groups is 1. The van der Waals surface area contributed by atoms with Crippen LogP contribution in [0.5, 0.6) is 0 Å². The SMILES string of the molecule is O=C1N=C(O)/C(=C/c2cc(-c3ccccc3)n(-c3ccc(Br)cc3)c2-c2ccccc2)C(=O)N1c1cccc(Br)c1. The van der Waals surface area contributed by atoms with E-state index in [1.165, 1.54) is 0 Å². The van der Waals surface area contributed by atoms with Crippen LogP contribution in [0.2, 0.25) is 0 Å². The molecule has 200 valence electrons. The molecule has 3 amide bonds. The number of aromatic nitrogens is 1. The minimum atomic E-state index is -0.858. The lowest BCUT2D eigenvalue weighted by Gasteiger charge is -2.23. The predicted molar refractivity (Wildman–Crippen MR) is 169 cm³/mol. The maximum atomic E-state index is 13.7. The number of amides is 3. The normalized spacial score (nSPS) is 14.4. The Hall–Kier alpha value is -4.53. The van der Waals surface area contributed by atoms with Crippen molar-refractivity contribution in [2.45, 2.75) is 0 Å². The van der Waals surface area contributed by atoms with Crippen molar-refractivity contribution < 1.29 is 14.7 Å². The second kappa shape index (κ2) is 11.2. The van der Waals surface area contributed by atoms with E-state index in [4.69, 9.17) is 0 Å². The van der Waals surface area contributed by atoms with Gasteiger partial charge in [-0.25, -0.2) is 9.69 Å². The van der Waals surface area contributed by atoms with E-state index >= 15 is 0 Å². The van der Waals surface area contributed by atoms with E-state index in [9.17, 15) is 14.7 Å². The summed E-state index contributed by atoms with van der Waals surface area (Å²) in [6.45, 7) is 0. The summed E-state index contributed by atoms with van der Waals surface area (Å²) in [4.78, 5) is 31.3. The zero-order chi connectivity index (χ0) is 28.5. The van der Waals surface area contributed by atoms with Crippen molar-refractivity contribution in [3.63, 3.8) is 0 Å². The maximum Gasteiger partial charge on any atom is 0.358 e. The molecule has 0 spiro atoms. The Morgan fingerprint density at radius 2 is 1.34 bits per heavy atom. The van der Waals surface area contributed by atoms with Gasteiger partial charge >= 0.3 is 6.03 Å². The number of halogens is 2. The zero-order valence-corrected chi connectivity index (χ0v) is 24.6. The molecule has 1 aromatic heterocycles. The van der Waals surface area contributed by atoms with Crippen LogP contribution >= 0.6 is 31.9 Å². The van der Waals surface area contributed by atoms with E-state index in [2.05, 4.69) is 41.4 Å². The van der Waals surface area contributed by atoms with Crippen molar-refractivity contribution in [1.29, 1.82) is 0 Å². The van der Waals surface area contributed by atoms with Gasteiger partial charge in [-0.15, -0.1) is 0 Å². The fourth-order valence-electron chi connectivity index (χ4n) is 4.84. The topological polar surface area (TPSA) is 74.9 Å². The standard InChI is InChI=1S/C33H21Br2N3O3/c34-24-14-16-26(17-15-24)37-29(21-8-3-1-4-9-21)19-23(30(37)22-10-5-2-6-11-22)18-28-31(39)36-33(41)38(32(28)40)27-13-7-12-25(35)20-27/h1-20H,(H,36,39,41)/b28-18-. The molecule has 0 unspecified atom stereocenters. The minimum absolute atomic E-state index is 0.0886. The van der Waals surface area contributed by atoms with E-state index in [1.54, 1.807) is 30.3 Å². The molecule has 0 saturated heterocycles. The highest BCUT2D eigenvalue weighted by Crippen LogP contribution is 2.38. The Bertz CT molecular complexity index is 1840. The predicted octanol–water partition coefficient (Wildman–Crippen LogP) is 8.84. The average molecular weight is 667 g/mol. The van der Waals surface area contributed by atoms with Crippen LogP contribution in [0.1, 0.15) is 5.56 Å². The highest BCUT2D eigenvalue weighted by Gasteiger charge is 2.35. The Morgan fingerprint density at radius 3 is 2.00 bits per heavy atom. The van der Waals surface area contributed by atoms with Gasteiger partial charge < -0.3 is 9.67 Å². The second-order valence-corrected chi connectivity index (χ2v) is 11.1. The first-order valence-corrected chi connectivity index (χ1v) is 14.3. The van der Waals surface area contributed by atoms with Crippen LogP contribution in [0.4, 0.5) is 10.5 Å². The number of nitrogens with zero attached hydrogens (tertiary/aromatic N) is 3. The number of imide groups is 1. The Morgan fingerprint density at radius 1 is 0.683 bits per heavy atom. The van der Waals surface area contributed by atoms with Gasteiger partial charge in [-0.1, -0.05) is 98.6 Å². The molecule has 1 aliphatic rings. The second-order valence-electron chi connectivity index (χ2n) is 9.27. The number of carbonyl (C=O) groups excluding carboxylic acids is 2. The molecule has 4 aromatic carbocycles. The number of carbonyl (C=O) groups is 2. The fraction of sp³-hybridized carbons (Fsp3) is 0. The molecular weight excluding hydrogens is 646 g/mol. The lowest BCUT2D eigenvalue weighted by molar-refractivity contribution is -0.114. The number of aliphatic hydroxyl groups excluding tert-OH is 1. The van der Waals surface area contributed by atoms with Crippen LogP contribution in [0.3, 0.4) is 0 Å². The molecule has 0 aliphatic carbocycles. The van der Waals surface area contributed by atoms with Crippen molar-refractivity contribution in [3.05, 3.63) is 135 Å². The van der Waals surface area contributed by atoms with E-state index in [-0.39, 0.29) is 5.57 Å². The lowest BCUT2D eigenvalue weighted by atomic mass is 10.0. The summed E-state index contributed by atoms with van der Waals surface area (Å²) in [6, 6.07) is 35.7. The number of hydrogen-bond donors (Lipinski definition) is 1. The van der Waals surface area contributed by atoms with Gasteiger partial charge in [0.15, 0.2) is 0 Å². The third kappa shape index (κ3) is 5.19. The van der Waals surface area contributed by atoms with Gasteiger partial charge in [0.25, 0.3) is 5.91 Å². The van der Waals surface area contributed by atoms with Gasteiger partial charge in [0, 0.05) is 20.2 Å². The van der Waals surface area contributed by atoms with E-state index < -0.39 is 17.8 Å². The Labute approximate surface area is 253 Å². The lowest BCUT2D eigenvalue weighted by Crippen LogP contribution is -2.42. The summed E-state index contributed by atoms with van der Waals surface area (Å²) in [6.07, 6.45) is 1.60. The molecule has 0 fully saturated rings. The monoisotopic (exact) mass is 665 g/mol. The van der Waals surface area contributed by atoms with E-state index in [1.807, 2.05) is 91.0 Å². The molecule has 8 heteroatoms. The van der Waals surface area contributed by atoms with Gasteiger partial charge in [-0.2, -0.15) is 4.99 Å². The molecule has 0 atom stereocenters. The molecule has 0 radical (unpaired) electrons. The first kappa shape index (κ1) is 26.7. The van der Waals surface area contributed by atoms with Crippen LogP contribution in [-0.4, -0.2) is 27.5 Å². The van der Waals surface area contributed by atoms with Gasteiger partial charge in [0.1, 0.15) is 5.57 Å². The van der Waals surface area contributed by atoms with Gasteiger partial charge in [-0.05, 0) is 65.7 Å². The largest absolute Gasteiger partial charge is 0.493 e. The highest BCUT2D eigenvalue weighted by molar-refractivity contribution is 9.10. The third-order valence-electron chi connectivity index (χ3n) is 6.67. The quantitative estimate of drug-likeness (QED) is 0.191.